The summed E-state index contributed by atoms with van der Waals surface area (Å²) in [5, 5.41) is 0. The molecule has 3 nitrogen and oxygen atoms in total. The Kier molecular flexibility index (Phi) is 3.79. The number of nitrogens with zero attached hydrogens (tertiary/aromatic N) is 2. The number of aromatic nitrogens is 1. The summed E-state index contributed by atoms with van der Waals surface area (Å²) in [5.41, 5.74) is 3.59. The van der Waals surface area contributed by atoms with Crippen LogP contribution in [0.3, 0.4) is 0 Å². The van der Waals surface area contributed by atoms with Crippen LogP contribution in [0.4, 0.5) is 5.69 Å². The first-order chi connectivity index (χ1) is 10.3. The smallest absolute Gasteiger partial charge is 0.251 e. The Morgan fingerprint density at radius 3 is 2.86 bits per heavy atom. The minimum Gasteiger partial charge on any atom is -0.365 e. The van der Waals surface area contributed by atoms with Crippen LogP contribution in [0.2, 0.25) is 0 Å². The van der Waals surface area contributed by atoms with Crippen molar-refractivity contribution in [3.05, 3.63) is 64.1 Å². The monoisotopic (exact) mass is 278 g/mol. The number of benzene rings is 1. The first-order valence-electron chi connectivity index (χ1n) is 7.24. The molecule has 0 fully saturated rings. The standard InChI is InChI=1S/C18H18N2O/c1-2-12-20-16(9-5-11-18(20)21)14-19-13-6-8-15-7-3-4-10-17(15)19/h1,3-5,7,9-11H,6,8,12-14H2. The molecule has 0 unspecified atom stereocenters. The Hall–Kier alpha value is -2.47. The number of rotatable bonds is 3. The molecular formula is C18H18N2O. The summed E-state index contributed by atoms with van der Waals surface area (Å²) in [6.07, 6.45) is 7.65. The molecule has 3 heteroatoms. The Morgan fingerprint density at radius 2 is 2.00 bits per heavy atom. The molecular weight excluding hydrogens is 260 g/mol. The zero-order chi connectivity index (χ0) is 14.7. The average Bonchev–Trinajstić information content (AvgIpc) is 2.51. The first kappa shape index (κ1) is 13.5. The highest BCUT2D eigenvalue weighted by molar-refractivity contribution is 5.55. The predicted molar refractivity (Wildman–Crippen MR) is 85.3 cm³/mol. The van der Waals surface area contributed by atoms with E-state index in [0.29, 0.717) is 6.54 Å². The van der Waals surface area contributed by atoms with Gasteiger partial charge in [-0.2, -0.15) is 0 Å². The van der Waals surface area contributed by atoms with Gasteiger partial charge in [-0.15, -0.1) is 6.42 Å². The van der Waals surface area contributed by atoms with Crippen LogP contribution in [0.1, 0.15) is 17.7 Å². The van der Waals surface area contributed by atoms with Gasteiger partial charge in [0.2, 0.25) is 0 Å². The molecule has 1 aromatic heterocycles. The van der Waals surface area contributed by atoms with E-state index in [9.17, 15) is 4.79 Å². The quantitative estimate of drug-likeness (QED) is 0.806. The molecule has 0 spiro atoms. The highest BCUT2D eigenvalue weighted by Crippen LogP contribution is 2.27. The van der Waals surface area contributed by atoms with Crippen molar-refractivity contribution in [1.82, 2.24) is 4.57 Å². The van der Waals surface area contributed by atoms with Gasteiger partial charge in [-0.1, -0.05) is 30.2 Å². The largest absolute Gasteiger partial charge is 0.365 e. The molecule has 1 aliphatic heterocycles. The molecule has 0 atom stereocenters. The van der Waals surface area contributed by atoms with Crippen molar-refractivity contribution in [2.24, 2.45) is 0 Å². The van der Waals surface area contributed by atoms with Gasteiger partial charge < -0.3 is 4.90 Å². The van der Waals surface area contributed by atoms with E-state index in [-0.39, 0.29) is 5.56 Å². The molecule has 1 aromatic carbocycles. The van der Waals surface area contributed by atoms with Gasteiger partial charge in [0.1, 0.15) is 0 Å². The number of pyridine rings is 1. The molecule has 21 heavy (non-hydrogen) atoms. The van der Waals surface area contributed by atoms with E-state index in [0.717, 1.165) is 31.6 Å². The highest BCUT2D eigenvalue weighted by atomic mass is 16.1. The summed E-state index contributed by atoms with van der Waals surface area (Å²) >= 11 is 0. The summed E-state index contributed by atoms with van der Waals surface area (Å²) in [6.45, 7) is 2.05. The van der Waals surface area contributed by atoms with Crippen LogP contribution >= 0.6 is 0 Å². The van der Waals surface area contributed by atoms with Gasteiger partial charge in [0.15, 0.2) is 0 Å². The zero-order valence-electron chi connectivity index (χ0n) is 12.0. The molecule has 0 aliphatic carbocycles. The summed E-state index contributed by atoms with van der Waals surface area (Å²) in [6, 6.07) is 13.8. The lowest BCUT2D eigenvalue weighted by molar-refractivity contribution is 0.647. The van der Waals surface area contributed by atoms with Crippen molar-refractivity contribution in [2.45, 2.75) is 25.9 Å². The zero-order valence-corrected chi connectivity index (χ0v) is 12.0. The molecule has 3 rings (SSSR count). The summed E-state index contributed by atoms with van der Waals surface area (Å²) < 4.78 is 1.68. The maximum absolute atomic E-state index is 12.0. The van der Waals surface area contributed by atoms with E-state index in [1.54, 1.807) is 16.7 Å². The Bertz CT molecular complexity index is 739. The van der Waals surface area contributed by atoms with Crippen molar-refractivity contribution in [2.75, 3.05) is 11.4 Å². The van der Waals surface area contributed by atoms with Gasteiger partial charge in [0.05, 0.1) is 13.1 Å². The normalized spacial score (nSPS) is 13.6. The molecule has 0 saturated carbocycles. The topological polar surface area (TPSA) is 25.2 Å². The Balaban J connectivity index is 1.94. The molecule has 0 bridgehead atoms. The fourth-order valence-corrected chi connectivity index (χ4v) is 2.94. The number of terminal acetylenes is 1. The van der Waals surface area contributed by atoms with Crippen molar-refractivity contribution in [3.63, 3.8) is 0 Å². The molecule has 0 radical (unpaired) electrons. The molecule has 1 aliphatic rings. The third-order valence-corrected chi connectivity index (χ3v) is 3.95. The van der Waals surface area contributed by atoms with Crippen molar-refractivity contribution in [3.8, 4) is 12.3 Å². The minimum absolute atomic E-state index is 0.0317. The molecule has 0 amide bonds. The number of aryl methyl sites for hydroxylation is 1. The van der Waals surface area contributed by atoms with Crippen LogP contribution in [0.5, 0.6) is 0 Å². The van der Waals surface area contributed by atoms with Gasteiger partial charge in [-0.3, -0.25) is 9.36 Å². The number of hydrogen-bond donors (Lipinski definition) is 0. The third kappa shape index (κ3) is 2.71. The number of fused-ring (bicyclic) bond motifs is 1. The maximum atomic E-state index is 12.0. The summed E-state index contributed by atoms with van der Waals surface area (Å²) in [5.74, 6) is 2.57. The summed E-state index contributed by atoms with van der Waals surface area (Å²) in [7, 11) is 0. The van der Waals surface area contributed by atoms with Crippen LogP contribution in [0, 0.1) is 12.3 Å². The SMILES string of the molecule is C#CCn1c(CN2CCCc3ccccc32)cccc1=O. The molecule has 2 heterocycles. The Morgan fingerprint density at radius 1 is 1.14 bits per heavy atom. The van der Waals surface area contributed by atoms with Crippen LogP contribution in [0.15, 0.2) is 47.3 Å². The van der Waals surface area contributed by atoms with E-state index < -0.39 is 0 Å². The highest BCUT2D eigenvalue weighted by Gasteiger charge is 2.17. The fourth-order valence-electron chi connectivity index (χ4n) is 2.94. The van der Waals surface area contributed by atoms with Gasteiger partial charge in [-0.25, -0.2) is 0 Å². The lowest BCUT2D eigenvalue weighted by atomic mass is 10.0. The first-order valence-corrected chi connectivity index (χ1v) is 7.24. The van der Waals surface area contributed by atoms with Crippen molar-refractivity contribution in [1.29, 1.82) is 0 Å². The predicted octanol–water partition coefficient (Wildman–Crippen LogP) is 2.43. The van der Waals surface area contributed by atoms with E-state index in [2.05, 4.69) is 35.1 Å². The molecule has 2 aromatic rings. The second-order valence-electron chi connectivity index (χ2n) is 5.30. The fraction of sp³-hybridized carbons (Fsp3) is 0.278. The van der Waals surface area contributed by atoms with Crippen LogP contribution in [-0.4, -0.2) is 11.1 Å². The maximum Gasteiger partial charge on any atom is 0.251 e. The second-order valence-corrected chi connectivity index (χ2v) is 5.30. The second kappa shape index (κ2) is 5.88. The van der Waals surface area contributed by atoms with E-state index in [1.165, 1.54) is 11.3 Å². The van der Waals surface area contributed by atoms with Crippen molar-refractivity contribution < 1.29 is 0 Å². The van der Waals surface area contributed by atoms with E-state index >= 15 is 0 Å². The number of anilines is 1. The van der Waals surface area contributed by atoms with Crippen LogP contribution < -0.4 is 10.5 Å². The molecule has 0 saturated heterocycles. The Labute approximate surface area is 124 Å². The lowest BCUT2D eigenvalue weighted by Crippen LogP contribution is -2.32. The minimum atomic E-state index is -0.0317. The van der Waals surface area contributed by atoms with Crippen LogP contribution in [-0.2, 0) is 19.5 Å². The van der Waals surface area contributed by atoms with Gasteiger partial charge in [0, 0.05) is 24.0 Å². The van der Waals surface area contributed by atoms with E-state index in [1.807, 2.05) is 6.07 Å². The molecule has 0 N–H and O–H groups in total. The van der Waals surface area contributed by atoms with Crippen LogP contribution in [0.25, 0.3) is 0 Å². The third-order valence-electron chi connectivity index (χ3n) is 3.95. The molecule has 106 valence electrons. The number of hydrogen-bond acceptors (Lipinski definition) is 2. The van der Waals surface area contributed by atoms with Gasteiger partial charge in [-0.05, 0) is 30.5 Å². The van der Waals surface area contributed by atoms with Crippen molar-refractivity contribution >= 4 is 5.69 Å². The lowest BCUT2D eigenvalue weighted by Gasteiger charge is -2.31. The number of para-hydroxylation sites is 1. The summed E-state index contributed by atoms with van der Waals surface area (Å²) in [4.78, 5) is 14.3. The van der Waals surface area contributed by atoms with Gasteiger partial charge in [0.25, 0.3) is 5.56 Å². The average molecular weight is 278 g/mol. The van der Waals surface area contributed by atoms with Gasteiger partial charge >= 0.3 is 0 Å². The van der Waals surface area contributed by atoms with E-state index in [4.69, 9.17) is 6.42 Å².